The molecule has 1 aromatic carbocycles. The summed E-state index contributed by atoms with van der Waals surface area (Å²) < 4.78 is 22.6. The highest BCUT2D eigenvalue weighted by Crippen LogP contribution is 2.35. The molecule has 28 heavy (non-hydrogen) atoms. The number of carbonyl (C=O) groups is 1. The standard InChI is InChI=1S/C19H20N4O3S2/c20-16-14-10-12-2-1-3-15(12)23-19(14)27-17(16)18(24)22-9-8-11-4-6-13(7-5-11)28(21,25)26/h4-7,10H,1-3,8-9,20H2,(H,22,24)(H2,21,25,26). The van der Waals surface area contributed by atoms with Crippen LogP contribution in [0.15, 0.2) is 35.2 Å². The summed E-state index contributed by atoms with van der Waals surface area (Å²) in [5, 5.41) is 8.82. The normalized spacial score (nSPS) is 13.6. The number of nitrogens with zero attached hydrogens (tertiary/aromatic N) is 1. The van der Waals surface area contributed by atoms with Gasteiger partial charge in [0.15, 0.2) is 0 Å². The zero-order valence-electron chi connectivity index (χ0n) is 15.1. The quantitative estimate of drug-likeness (QED) is 0.586. The van der Waals surface area contributed by atoms with Gasteiger partial charge in [-0.25, -0.2) is 18.5 Å². The van der Waals surface area contributed by atoms with Crippen molar-refractivity contribution in [3.63, 3.8) is 0 Å². The molecule has 0 fully saturated rings. The fraction of sp³-hybridized carbons (Fsp3) is 0.263. The van der Waals surface area contributed by atoms with E-state index in [0.717, 1.165) is 40.7 Å². The molecule has 5 N–H and O–H groups in total. The van der Waals surface area contributed by atoms with Gasteiger partial charge in [-0.15, -0.1) is 11.3 Å². The number of primary sulfonamides is 1. The predicted octanol–water partition coefficient (Wildman–Crippen LogP) is 1.99. The van der Waals surface area contributed by atoms with Gasteiger partial charge in [0, 0.05) is 17.6 Å². The van der Waals surface area contributed by atoms with Gasteiger partial charge in [0.25, 0.3) is 5.91 Å². The summed E-state index contributed by atoms with van der Waals surface area (Å²) in [5.41, 5.74) is 9.94. The van der Waals surface area contributed by atoms with Gasteiger partial charge < -0.3 is 11.1 Å². The minimum atomic E-state index is -3.70. The number of hydrogen-bond donors (Lipinski definition) is 3. The number of pyridine rings is 1. The smallest absolute Gasteiger partial charge is 0.263 e. The van der Waals surface area contributed by atoms with Crippen molar-refractivity contribution in [2.24, 2.45) is 5.14 Å². The van der Waals surface area contributed by atoms with Crippen molar-refractivity contribution in [1.82, 2.24) is 10.3 Å². The molecule has 0 saturated carbocycles. The lowest BCUT2D eigenvalue weighted by Crippen LogP contribution is -2.25. The molecule has 3 aromatic rings. The van der Waals surface area contributed by atoms with Crippen LogP contribution in [0.5, 0.6) is 0 Å². The third-order valence-electron chi connectivity index (χ3n) is 4.91. The number of sulfonamides is 1. The molecule has 1 amide bonds. The molecular formula is C19H20N4O3S2. The lowest BCUT2D eigenvalue weighted by atomic mass is 10.1. The maximum Gasteiger partial charge on any atom is 0.263 e. The van der Waals surface area contributed by atoms with Gasteiger partial charge in [-0.3, -0.25) is 4.79 Å². The van der Waals surface area contributed by atoms with E-state index in [1.54, 1.807) is 12.1 Å². The van der Waals surface area contributed by atoms with E-state index in [2.05, 4.69) is 16.4 Å². The van der Waals surface area contributed by atoms with Crippen molar-refractivity contribution in [2.45, 2.75) is 30.6 Å². The van der Waals surface area contributed by atoms with Crippen LogP contribution in [0.4, 0.5) is 5.69 Å². The topological polar surface area (TPSA) is 128 Å². The molecule has 2 heterocycles. The molecule has 1 aliphatic rings. The first-order valence-corrected chi connectivity index (χ1v) is 11.3. The van der Waals surface area contributed by atoms with E-state index in [1.807, 2.05) is 0 Å². The van der Waals surface area contributed by atoms with Crippen molar-refractivity contribution < 1.29 is 13.2 Å². The Morgan fingerprint density at radius 3 is 2.68 bits per heavy atom. The Kier molecular flexibility index (Phi) is 4.82. The second-order valence-electron chi connectivity index (χ2n) is 6.84. The molecule has 0 bridgehead atoms. The van der Waals surface area contributed by atoms with Gasteiger partial charge >= 0.3 is 0 Å². The van der Waals surface area contributed by atoms with Crippen LogP contribution >= 0.6 is 11.3 Å². The molecule has 0 saturated heterocycles. The third kappa shape index (κ3) is 3.60. The van der Waals surface area contributed by atoms with E-state index >= 15 is 0 Å². The minimum absolute atomic E-state index is 0.0673. The van der Waals surface area contributed by atoms with Crippen LogP contribution in [0.1, 0.15) is 32.9 Å². The summed E-state index contributed by atoms with van der Waals surface area (Å²) >= 11 is 1.32. The van der Waals surface area contributed by atoms with E-state index in [1.165, 1.54) is 29.0 Å². The number of nitrogen functional groups attached to an aromatic ring is 1. The number of nitrogens with two attached hydrogens (primary N) is 2. The predicted molar refractivity (Wildman–Crippen MR) is 110 cm³/mol. The number of carbonyl (C=O) groups excluding carboxylic acids is 1. The summed E-state index contributed by atoms with van der Waals surface area (Å²) in [6, 6.07) is 8.36. The van der Waals surface area contributed by atoms with Crippen LogP contribution < -0.4 is 16.2 Å². The molecule has 4 rings (SSSR count). The summed E-state index contributed by atoms with van der Waals surface area (Å²) in [6.45, 7) is 0.408. The summed E-state index contributed by atoms with van der Waals surface area (Å²) in [7, 11) is -3.70. The highest BCUT2D eigenvalue weighted by molar-refractivity contribution is 7.89. The van der Waals surface area contributed by atoms with Crippen molar-refractivity contribution >= 4 is 43.2 Å². The second-order valence-corrected chi connectivity index (χ2v) is 9.40. The Morgan fingerprint density at radius 2 is 1.96 bits per heavy atom. The number of hydrogen-bond acceptors (Lipinski definition) is 6. The second kappa shape index (κ2) is 7.16. The van der Waals surface area contributed by atoms with Gasteiger partial charge in [-0.2, -0.15) is 0 Å². The van der Waals surface area contributed by atoms with Crippen LogP contribution in [0, 0.1) is 0 Å². The van der Waals surface area contributed by atoms with Gasteiger partial charge in [-0.05, 0) is 55.0 Å². The molecule has 0 spiro atoms. The number of anilines is 1. The SMILES string of the molecule is Nc1c(C(=O)NCCc2ccc(S(N)(=O)=O)cc2)sc2nc3c(cc12)CCC3. The lowest BCUT2D eigenvalue weighted by molar-refractivity contribution is 0.0959. The molecular weight excluding hydrogens is 396 g/mol. The third-order valence-corrected chi connectivity index (χ3v) is 6.95. The van der Waals surface area contributed by atoms with Crippen molar-refractivity contribution in [1.29, 1.82) is 0 Å². The number of nitrogens with one attached hydrogen (secondary N) is 1. The number of aromatic nitrogens is 1. The van der Waals surface area contributed by atoms with E-state index in [-0.39, 0.29) is 10.8 Å². The zero-order chi connectivity index (χ0) is 19.9. The number of benzene rings is 1. The van der Waals surface area contributed by atoms with E-state index in [4.69, 9.17) is 10.9 Å². The Hall–Kier alpha value is -2.49. The molecule has 146 valence electrons. The molecule has 1 aliphatic carbocycles. The van der Waals surface area contributed by atoms with Crippen molar-refractivity contribution in [2.75, 3.05) is 12.3 Å². The van der Waals surface area contributed by atoms with E-state index < -0.39 is 10.0 Å². The summed E-state index contributed by atoms with van der Waals surface area (Å²) in [5.74, 6) is -0.221. The Morgan fingerprint density at radius 1 is 1.21 bits per heavy atom. The number of aryl methyl sites for hydroxylation is 2. The fourth-order valence-electron chi connectivity index (χ4n) is 3.41. The lowest BCUT2D eigenvalue weighted by Gasteiger charge is -2.05. The highest BCUT2D eigenvalue weighted by Gasteiger charge is 2.20. The average Bonchev–Trinajstić information content (AvgIpc) is 3.24. The van der Waals surface area contributed by atoms with Crippen LogP contribution in [-0.4, -0.2) is 25.9 Å². The van der Waals surface area contributed by atoms with E-state index in [0.29, 0.717) is 23.5 Å². The first kappa shape index (κ1) is 18.9. The molecule has 2 aromatic heterocycles. The Labute approximate surface area is 166 Å². The number of fused-ring (bicyclic) bond motifs is 2. The largest absolute Gasteiger partial charge is 0.397 e. The summed E-state index contributed by atoms with van der Waals surface area (Å²) in [6.07, 6.45) is 3.67. The van der Waals surface area contributed by atoms with Crippen LogP contribution in [-0.2, 0) is 29.3 Å². The number of rotatable bonds is 5. The van der Waals surface area contributed by atoms with Gasteiger partial charge in [-0.1, -0.05) is 12.1 Å². The monoisotopic (exact) mass is 416 g/mol. The van der Waals surface area contributed by atoms with Crippen molar-refractivity contribution in [3.8, 4) is 0 Å². The maximum absolute atomic E-state index is 12.6. The maximum atomic E-state index is 12.6. The van der Waals surface area contributed by atoms with Gasteiger partial charge in [0.05, 0.1) is 10.6 Å². The van der Waals surface area contributed by atoms with Crippen LogP contribution in [0.25, 0.3) is 10.2 Å². The molecule has 7 nitrogen and oxygen atoms in total. The number of amides is 1. The first-order chi connectivity index (χ1) is 13.3. The Bertz CT molecular complexity index is 1170. The molecule has 0 unspecified atom stereocenters. The minimum Gasteiger partial charge on any atom is -0.397 e. The van der Waals surface area contributed by atoms with Gasteiger partial charge in [0.1, 0.15) is 9.71 Å². The Balaban J connectivity index is 1.43. The zero-order valence-corrected chi connectivity index (χ0v) is 16.7. The number of thiophene rings is 1. The van der Waals surface area contributed by atoms with E-state index in [9.17, 15) is 13.2 Å². The highest BCUT2D eigenvalue weighted by atomic mass is 32.2. The van der Waals surface area contributed by atoms with Crippen molar-refractivity contribution in [3.05, 3.63) is 52.0 Å². The fourth-order valence-corrected chi connectivity index (χ4v) is 4.94. The van der Waals surface area contributed by atoms with Gasteiger partial charge in [0.2, 0.25) is 10.0 Å². The molecule has 0 radical (unpaired) electrons. The average molecular weight is 417 g/mol. The first-order valence-electron chi connectivity index (χ1n) is 8.93. The van der Waals surface area contributed by atoms with Crippen LogP contribution in [0.3, 0.4) is 0 Å². The molecule has 9 heteroatoms. The molecule has 0 atom stereocenters. The molecule has 0 aliphatic heterocycles. The van der Waals surface area contributed by atoms with Crippen LogP contribution in [0.2, 0.25) is 0 Å². The summed E-state index contributed by atoms with van der Waals surface area (Å²) in [4.78, 5) is 18.6.